The summed E-state index contributed by atoms with van der Waals surface area (Å²) < 4.78 is 25.9. The van der Waals surface area contributed by atoms with E-state index in [0.29, 0.717) is 13.0 Å². The van der Waals surface area contributed by atoms with Crippen LogP contribution in [-0.4, -0.2) is 12.5 Å². The number of nitrogens with two attached hydrogens (primary N) is 1. The summed E-state index contributed by atoms with van der Waals surface area (Å²) >= 11 is 0. The Bertz CT molecular complexity index is 612. The lowest BCUT2D eigenvalue weighted by Crippen LogP contribution is -2.26. The maximum atomic E-state index is 13.2. The summed E-state index contributed by atoms with van der Waals surface area (Å²) in [6, 6.07) is 10.1. The Morgan fingerprint density at radius 2 is 1.80 bits per heavy atom. The smallest absolute Gasteiger partial charge is 0.253 e. The number of benzene rings is 2. The molecule has 0 aromatic heterocycles. The van der Waals surface area contributed by atoms with E-state index in [1.54, 1.807) is 12.1 Å². The van der Waals surface area contributed by atoms with Crippen LogP contribution in [0.3, 0.4) is 0 Å². The number of para-hydroxylation sites is 1. The van der Waals surface area contributed by atoms with Gasteiger partial charge in [0.2, 0.25) is 0 Å². The van der Waals surface area contributed by atoms with Crippen molar-refractivity contribution in [2.24, 2.45) is 0 Å². The van der Waals surface area contributed by atoms with Crippen molar-refractivity contribution in [3.05, 3.63) is 65.2 Å². The zero-order valence-corrected chi connectivity index (χ0v) is 10.7. The number of anilines is 1. The molecule has 0 saturated carbocycles. The van der Waals surface area contributed by atoms with E-state index in [0.717, 1.165) is 5.56 Å². The van der Waals surface area contributed by atoms with E-state index in [4.69, 9.17) is 5.73 Å². The van der Waals surface area contributed by atoms with Crippen LogP contribution in [0.25, 0.3) is 0 Å². The number of carbonyl (C=O) groups excluding carboxylic acids is 1. The molecule has 0 aliphatic rings. The van der Waals surface area contributed by atoms with Crippen molar-refractivity contribution < 1.29 is 13.6 Å². The van der Waals surface area contributed by atoms with Gasteiger partial charge in [-0.2, -0.15) is 0 Å². The molecule has 0 bridgehead atoms. The topological polar surface area (TPSA) is 55.1 Å². The molecule has 0 aliphatic heterocycles. The van der Waals surface area contributed by atoms with Gasteiger partial charge in [-0.25, -0.2) is 8.78 Å². The van der Waals surface area contributed by atoms with Crippen LogP contribution in [0.2, 0.25) is 0 Å². The van der Waals surface area contributed by atoms with Crippen molar-refractivity contribution in [2.45, 2.75) is 6.42 Å². The van der Waals surface area contributed by atoms with Crippen LogP contribution in [0.1, 0.15) is 15.9 Å². The molecule has 0 atom stereocenters. The van der Waals surface area contributed by atoms with Crippen LogP contribution in [0.15, 0.2) is 42.5 Å². The maximum absolute atomic E-state index is 13.2. The summed E-state index contributed by atoms with van der Waals surface area (Å²) in [5.41, 5.74) is 6.36. The van der Waals surface area contributed by atoms with Crippen molar-refractivity contribution >= 4 is 11.6 Å². The highest BCUT2D eigenvalue weighted by atomic mass is 19.1. The van der Waals surface area contributed by atoms with E-state index in [1.807, 2.05) is 0 Å². The molecular weight excluding hydrogens is 262 g/mol. The second kappa shape index (κ2) is 6.14. The third-order valence-electron chi connectivity index (χ3n) is 2.91. The molecule has 3 nitrogen and oxygen atoms in total. The van der Waals surface area contributed by atoms with Crippen LogP contribution >= 0.6 is 0 Å². The van der Waals surface area contributed by atoms with E-state index < -0.39 is 11.7 Å². The lowest BCUT2D eigenvalue weighted by Gasteiger charge is -2.08. The van der Waals surface area contributed by atoms with Crippen LogP contribution in [0.4, 0.5) is 14.5 Å². The molecule has 1 amide bonds. The van der Waals surface area contributed by atoms with Gasteiger partial charge in [0.05, 0.1) is 11.3 Å². The Morgan fingerprint density at radius 3 is 2.50 bits per heavy atom. The molecule has 2 aromatic carbocycles. The molecule has 0 fully saturated rings. The first-order valence-corrected chi connectivity index (χ1v) is 6.14. The standard InChI is InChI=1S/C15H14F2N2O/c16-11-6-4-10(5-7-11)8-9-19-15(20)12-2-1-3-13(17)14(12)18/h1-7H,8-9,18H2,(H,19,20). The van der Waals surface area contributed by atoms with Gasteiger partial charge in [-0.1, -0.05) is 18.2 Å². The lowest BCUT2D eigenvalue weighted by atomic mass is 10.1. The summed E-state index contributed by atoms with van der Waals surface area (Å²) in [4.78, 5) is 11.8. The van der Waals surface area contributed by atoms with Gasteiger partial charge >= 0.3 is 0 Å². The van der Waals surface area contributed by atoms with Crippen LogP contribution < -0.4 is 11.1 Å². The minimum absolute atomic E-state index is 0.115. The monoisotopic (exact) mass is 276 g/mol. The Hall–Kier alpha value is -2.43. The minimum Gasteiger partial charge on any atom is -0.396 e. The predicted molar refractivity (Wildman–Crippen MR) is 73.2 cm³/mol. The molecule has 0 spiro atoms. The molecule has 0 radical (unpaired) electrons. The molecule has 104 valence electrons. The first kappa shape index (κ1) is 14.0. The van der Waals surface area contributed by atoms with E-state index in [1.165, 1.54) is 30.3 Å². The van der Waals surface area contributed by atoms with Crippen molar-refractivity contribution in [2.75, 3.05) is 12.3 Å². The predicted octanol–water partition coefficient (Wildman–Crippen LogP) is 2.52. The Balaban J connectivity index is 1.92. The molecular formula is C15H14F2N2O. The molecule has 5 heteroatoms. The van der Waals surface area contributed by atoms with Crippen molar-refractivity contribution in [3.8, 4) is 0 Å². The number of hydrogen-bond acceptors (Lipinski definition) is 2. The summed E-state index contributed by atoms with van der Waals surface area (Å²) in [5.74, 6) is -1.34. The highest BCUT2D eigenvalue weighted by Crippen LogP contribution is 2.15. The molecule has 2 rings (SSSR count). The second-order valence-corrected chi connectivity index (χ2v) is 4.33. The number of carbonyl (C=O) groups is 1. The van der Waals surface area contributed by atoms with Gasteiger partial charge in [0.25, 0.3) is 5.91 Å². The number of halogens is 2. The highest BCUT2D eigenvalue weighted by molar-refractivity contribution is 5.99. The maximum Gasteiger partial charge on any atom is 0.253 e. The quantitative estimate of drug-likeness (QED) is 0.843. The highest BCUT2D eigenvalue weighted by Gasteiger charge is 2.11. The second-order valence-electron chi connectivity index (χ2n) is 4.33. The van der Waals surface area contributed by atoms with Crippen LogP contribution in [0.5, 0.6) is 0 Å². The Kier molecular flexibility index (Phi) is 4.30. The van der Waals surface area contributed by atoms with Gasteiger partial charge in [0.15, 0.2) is 0 Å². The summed E-state index contributed by atoms with van der Waals surface area (Å²) in [5, 5.41) is 2.65. The van der Waals surface area contributed by atoms with E-state index in [9.17, 15) is 13.6 Å². The minimum atomic E-state index is -0.615. The number of hydrogen-bond donors (Lipinski definition) is 2. The van der Waals surface area contributed by atoms with E-state index in [2.05, 4.69) is 5.32 Å². The van der Waals surface area contributed by atoms with Crippen molar-refractivity contribution in [1.29, 1.82) is 0 Å². The molecule has 0 saturated heterocycles. The van der Waals surface area contributed by atoms with Gasteiger partial charge < -0.3 is 11.1 Å². The molecule has 3 N–H and O–H groups in total. The number of amides is 1. The zero-order valence-electron chi connectivity index (χ0n) is 10.7. The first-order valence-electron chi connectivity index (χ1n) is 6.14. The van der Waals surface area contributed by atoms with Gasteiger partial charge in [0.1, 0.15) is 11.6 Å². The SMILES string of the molecule is Nc1c(F)cccc1C(=O)NCCc1ccc(F)cc1. The van der Waals surface area contributed by atoms with Crippen molar-refractivity contribution in [1.82, 2.24) is 5.32 Å². The summed E-state index contributed by atoms with van der Waals surface area (Å²) in [6.07, 6.45) is 0.557. The zero-order chi connectivity index (χ0) is 14.5. The molecule has 0 heterocycles. The average molecular weight is 276 g/mol. The third-order valence-corrected chi connectivity index (χ3v) is 2.91. The number of rotatable bonds is 4. The fourth-order valence-corrected chi connectivity index (χ4v) is 1.80. The summed E-state index contributed by atoms with van der Waals surface area (Å²) in [7, 11) is 0. The van der Waals surface area contributed by atoms with Gasteiger partial charge in [-0.05, 0) is 36.2 Å². The molecule has 20 heavy (non-hydrogen) atoms. The largest absolute Gasteiger partial charge is 0.396 e. The van der Waals surface area contributed by atoms with Gasteiger partial charge in [0, 0.05) is 6.54 Å². The van der Waals surface area contributed by atoms with Gasteiger partial charge in [-0.3, -0.25) is 4.79 Å². The molecule has 2 aromatic rings. The fraction of sp³-hybridized carbons (Fsp3) is 0.133. The number of nitrogens with one attached hydrogen (secondary N) is 1. The third kappa shape index (κ3) is 3.32. The van der Waals surface area contributed by atoms with Crippen molar-refractivity contribution in [3.63, 3.8) is 0 Å². The fourth-order valence-electron chi connectivity index (χ4n) is 1.80. The van der Waals surface area contributed by atoms with E-state index in [-0.39, 0.29) is 17.1 Å². The van der Waals surface area contributed by atoms with Gasteiger partial charge in [-0.15, -0.1) is 0 Å². The Labute approximate surface area is 115 Å². The molecule has 0 unspecified atom stereocenters. The summed E-state index contributed by atoms with van der Waals surface area (Å²) in [6.45, 7) is 0.362. The van der Waals surface area contributed by atoms with E-state index >= 15 is 0 Å². The number of nitrogen functional groups attached to an aromatic ring is 1. The van der Waals surface area contributed by atoms with Crippen LogP contribution in [0, 0.1) is 11.6 Å². The normalized spacial score (nSPS) is 10.3. The molecule has 0 aliphatic carbocycles. The van der Waals surface area contributed by atoms with Crippen LogP contribution in [-0.2, 0) is 6.42 Å². The Morgan fingerprint density at radius 1 is 1.10 bits per heavy atom. The first-order chi connectivity index (χ1) is 9.58. The average Bonchev–Trinajstić information content (AvgIpc) is 2.44. The lowest BCUT2D eigenvalue weighted by molar-refractivity contribution is 0.0954.